The summed E-state index contributed by atoms with van der Waals surface area (Å²) in [6.45, 7) is 0.367. The van der Waals surface area contributed by atoms with Crippen LogP contribution in [0.4, 0.5) is 0 Å². The minimum Gasteiger partial charge on any atom is -0.485 e. The number of allylic oxidation sites excluding steroid dienone is 4. The zero-order valence-electron chi connectivity index (χ0n) is 6.24. The molecule has 1 aliphatic carbocycles. The number of ketones is 2. The van der Waals surface area contributed by atoms with Crippen molar-refractivity contribution in [1.29, 1.82) is 0 Å². The van der Waals surface area contributed by atoms with E-state index in [0.29, 0.717) is 12.2 Å². The second kappa shape index (κ2) is 2.44. The second-order valence-corrected chi connectivity index (χ2v) is 2.52. The Morgan fingerprint density at radius 3 is 2.58 bits per heavy atom. The van der Waals surface area contributed by atoms with Crippen molar-refractivity contribution >= 4 is 11.6 Å². The quantitative estimate of drug-likeness (QED) is 0.488. The van der Waals surface area contributed by atoms with Crippen LogP contribution in [0.5, 0.6) is 0 Å². The lowest BCUT2D eigenvalue weighted by Gasteiger charge is -2.15. The van der Waals surface area contributed by atoms with E-state index in [1.54, 1.807) is 12.2 Å². The van der Waals surface area contributed by atoms with Crippen molar-refractivity contribution in [3.05, 3.63) is 35.6 Å². The summed E-state index contributed by atoms with van der Waals surface area (Å²) in [5, 5.41) is 0. The molecule has 0 amide bonds. The molecular formula is C9H6O3. The number of hydrogen-bond acceptors (Lipinski definition) is 3. The summed E-state index contributed by atoms with van der Waals surface area (Å²) in [6, 6.07) is 0. The van der Waals surface area contributed by atoms with E-state index in [-0.39, 0.29) is 17.3 Å². The van der Waals surface area contributed by atoms with Gasteiger partial charge in [-0.2, -0.15) is 0 Å². The van der Waals surface area contributed by atoms with Gasteiger partial charge in [0.25, 0.3) is 0 Å². The summed E-state index contributed by atoms with van der Waals surface area (Å²) >= 11 is 0. The van der Waals surface area contributed by atoms with Crippen LogP contribution in [0.2, 0.25) is 0 Å². The maximum atomic E-state index is 11.1. The van der Waals surface area contributed by atoms with E-state index in [0.717, 1.165) is 0 Å². The predicted molar refractivity (Wildman–Crippen MR) is 41.3 cm³/mol. The van der Waals surface area contributed by atoms with Gasteiger partial charge in [0, 0.05) is 0 Å². The van der Waals surface area contributed by atoms with Crippen LogP contribution in [0.3, 0.4) is 0 Å². The first-order valence-electron chi connectivity index (χ1n) is 3.59. The van der Waals surface area contributed by atoms with Gasteiger partial charge in [-0.1, -0.05) is 0 Å². The SMILES string of the molecule is O=C1C=CC(=O)C2=C1C=CCO2. The Labute approximate surface area is 69.0 Å². The van der Waals surface area contributed by atoms with Crippen LogP contribution in [0.1, 0.15) is 0 Å². The average Bonchev–Trinajstić information content (AvgIpc) is 2.12. The molecule has 0 fully saturated rings. The first-order chi connectivity index (χ1) is 5.79. The Hall–Kier alpha value is -1.64. The minimum absolute atomic E-state index is 0.166. The molecule has 0 bridgehead atoms. The van der Waals surface area contributed by atoms with Gasteiger partial charge in [0.05, 0.1) is 5.57 Å². The number of ether oxygens (including phenoxy) is 1. The summed E-state index contributed by atoms with van der Waals surface area (Å²) in [4.78, 5) is 22.3. The maximum absolute atomic E-state index is 11.1. The van der Waals surface area contributed by atoms with E-state index >= 15 is 0 Å². The second-order valence-electron chi connectivity index (χ2n) is 2.52. The third-order valence-corrected chi connectivity index (χ3v) is 1.73. The van der Waals surface area contributed by atoms with Gasteiger partial charge in [0.1, 0.15) is 6.61 Å². The molecule has 0 aromatic carbocycles. The van der Waals surface area contributed by atoms with Crippen molar-refractivity contribution in [3.63, 3.8) is 0 Å². The van der Waals surface area contributed by atoms with Gasteiger partial charge in [-0.15, -0.1) is 0 Å². The number of carbonyl (C=O) groups excluding carboxylic acids is 2. The standard InChI is InChI=1S/C9H6O3/c10-7-3-4-8(11)9-6(7)2-1-5-12-9/h1-4H,5H2. The number of rotatable bonds is 0. The van der Waals surface area contributed by atoms with Crippen molar-refractivity contribution in [1.82, 2.24) is 0 Å². The van der Waals surface area contributed by atoms with E-state index in [4.69, 9.17) is 4.74 Å². The fourth-order valence-electron chi connectivity index (χ4n) is 1.17. The fraction of sp³-hybridized carbons (Fsp3) is 0.111. The van der Waals surface area contributed by atoms with E-state index in [2.05, 4.69) is 0 Å². The Bertz CT molecular complexity index is 345. The Morgan fingerprint density at radius 2 is 1.83 bits per heavy atom. The number of carbonyl (C=O) groups is 2. The van der Waals surface area contributed by atoms with Crippen molar-refractivity contribution in [2.75, 3.05) is 6.61 Å². The molecule has 60 valence electrons. The smallest absolute Gasteiger partial charge is 0.221 e. The molecule has 0 aromatic heterocycles. The molecule has 1 heterocycles. The lowest BCUT2D eigenvalue weighted by Crippen LogP contribution is -2.18. The summed E-state index contributed by atoms with van der Waals surface area (Å²) in [6.07, 6.45) is 5.84. The van der Waals surface area contributed by atoms with E-state index in [9.17, 15) is 9.59 Å². The highest BCUT2D eigenvalue weighted by Crippen LogP contribution is 2.19. The third-order valence-electron chi connectivity index (χ3n) is 1.73. The van der Waals surface area contributed by atoms with E-state index in [1.807, 2.05) is 0 Å². The van der Waals surface area contributed by atoms with Crippen LogP contribution in [0.15, 0.2) is 35.6 Å². The monoisotopic (exact) mass is 162 g/mol. The normalized spacial score (nSPS) is 21.0. The highest BCUT2D eigenvalue weighted by molar-refractivity contribution is 6.20. The summed E-state index contributed by atoms with van der Waals surface area (Å²) in [5.41, 5.74) is 0.369. The van der Waals surface area contributed by atoms with E-state index < -0.39 is 0 Å². The van der Waals surface area contributed by atoms with Crippen molar-refractivity contribution in [3.8, 4) is 0 Å². The Balaban J connectivity index is 2.51. The molecular weight excluding hydrogens is 156 g/mol. The largest absolute Gasteiger partial charge is 0.485 e. The van der Waals surface area contributed by atoms with Crippen LogP contribution in [-0.2, 0) is 14.3 Å². The van der Waals surface area contributed by atoms with Crippen LogP contribution in [-0.4, -0.2) is 18.2 Å². The van der Waals surface area contributed by atoms with Crippen molar-refractivity contribution in [2.24, 2.45) is 0 Å². The van der Waals surface area contributed by atoms with Crippen molar-refractivity contribution < 1.29 is 14.3 Å². The first-order valence-corrected chi connectivity index (χ1v) is 3.59. The Morgan fingerprint density at radius 1 is 1.08 bits per heavy atom. The molecule has 1 aliphatic heterocycles. The van der Waals surface area contributed by atoms with Crippen LogP contribution >= 0.6 is 0 Å². The predicted octanol–water partition coefficient (Wildman–Crippen LogP) is 0.535. The maximum Gasteiger partial charge on any atom is 0.221 e. The molecule has 2 aliphatic rings. The molecule has 2 rings (SSSR count). The van der Waals surface area contributed by atoms with Gasteiger partial charge in [-0.3, -0.25) is 9.59 Å². The van der Waals surface area contributed by atoms with Gasteiger partial charge in [-0.05, 0) is 24.3 Å². The molecule has 0 saturated heterocycles. The van der Waals surface area contributed by atoms with Gasteiger partial charge < -0.3 is 4.74 Å². The number of hydrogen-bond donors (Lipinski definition) is 0. The van der Waals surface area contributed by atoms with Crippen LogP contribution in [0.25, 0.3) is 0 Å². The van der Waals surface area contributed by atoms with Gasteiger partial charge in [-0.25, -0.2) is 0 Å². The molecule has 0 spiro atoms. The molecule has 0 N–H and O–H groups in total. The van der Waals surface area contributed by atoms with Crippen molar-refractivity contribution in [2.45, 2.75) is 0 Å². The topological polar surface area (TPSA) is 43.4 Å². The average molecular weight is 162 g/mol. The Kier molecular flexibility index (Phi) is 1.43. The van der Waals surface area contributed by atoms with Crippen LogP contribution in [0, 0.1) is 0 Å². The highest BCUT2D eigenvalue weighted by Gasteiger charge is 2.23. The van der Waals surface area contributed by atoms with Gasteiger partial charge >= 0.3 is 0 Å². The highest BCUT2D eigenvalue weighted by atomic mass is 16.5. The summed E-state index contributed by atoms with van der Waals surface area (Å²) in [5.74, 6) is -0.209. The van der Waals surface area contributed by atoms with Gasteiger partial charge in [0.15, 0.2) is 11.5 Å². The molecule has 3 heteroatoms. The lowest BCUT2D eigenvalue weighted by molar-refractivity contribution is -0.117. The summed E-state index contributed by atoms with van der Waals surface area (Å²) in [7, 11) is 0. The molecule has 0 aromatic rings. The molecule has 0 atom stereocenters. The molecule has 0 unspecified atom stereocenters. The lowest BCUT2D eigenvalue weighted by atomic mass is 10.0. The zero-order chi connectivity index (χ0) is 8.55. The minimum atomic E-state index is -0.228. The summed E-state index contributed by atoms with van der Waals surface area (Å²) < 4.78 is 5.04. The van der Waals surface area contributed by atoms with Crippen LogP contribution < -0.4 is 0 Å². The molecule has 12 heavy (non-hydrogen) atoms. The molecule has 0 radical (unpaired) electrons. The zero-order valence-corrected chi connectivity index (χ0v) is 6.24. The van der Waals surface area contributed by atoms with E-state index in [1.165, 1.54) is 12.2 Å². The van der Waals surface area contributed by atoms with Gasteiger partial charge in [0.2, 0.25) is 5.78 Å². The first kappa shape index (κ1) is 7.03. The molecule has 3 nitrogen and oxygen atoms in total. The fourth-order valence-corrected chi connectivity index (χ4v) is 1.17. The third kappa shape index (κ3) is 0.906. The molecule has 0 saturated carbocycles.